The number of Topliss-reactive ketones (excluding diaryl/α,β-unsaturated/α-hetero) is 1. The zero-order chi connectivity index (χ0) is 33.3. The van der Waals surface area contributed by atoms with Gasteiger partial charge in [-0.1, -0.05) is 6.92 Å². The zero-order valence-corrected chi connectivity index (χ0v) is 28.8. The molecule has 0 fully saturated rings. The van der Waals surface area contributed by atoms with E-state index >= 15 is 0 Å². The standard InChI is InChI=1S/C32H65NO13/c1-3-8-35-10-12-37-14-16-39-18-20-41-22-24-43-26-28-45-30-31-46-29-27-44-25-23-42-21-19-40-17-15-38-13-11-36-9-6-32(34)5-4-7-33-2/h33H,3-31H2,1-2H3. The molecule has 276 valence electrons. The number of ketones is 1. The van der Waals surface area contributed by atoms with Crippen LogP contribution in [0, 0.1) is 0 Å². The smallest absolute Gasteiger partial charge is 0.135 e. The summed E-state index contributed by atoms with van der Waals surface area (Å²) in [5, 5.41) is 3.03. The molecular formula is C32H65NO13. The van der Waals surface area contributed by atoms with Crippen LogP contribution in [0.5, 0.6) is 0 Å². The number of hydrogen-bond donors (Lipinski definition) is 1. The fourth-order valence-electron chi connectivity index (χ4n) is 3.44. The van der Waals surface area contributed by atoms with E-state index in [4.69, 9.17) is 56.8 Å². The first-order valence-electron chi connectivity index (χ1n) is 16.9. The van der Waals surface area contributed by atoms with Crippen molar-refractivity contribution in [3.63, 3.8) is 0 Å². The highest BCUT2D eigenvalue weighted by atomic mass is 16.6. The molecule has 0 radical (unpaired) electrons. The minimum Gasteiger partial charge on any atom is -0.379 e. The van der Waals surface area contributed by atoms with E-state index in [-0.39, 0.29) is 5.78 Å². The lowest BCUT2D eigenvalue weighted by molar-refractivity contribution is -0.120. The van der Waals surface area contributed by atoms with Crippen molar-refractivity contribution in [2.24, 2.45) is 0 Å². The number of carbonyl (C=O) groups excluding carboxylic acids is 1. The lowest BCUT2D eigenvalue weighted by atomic mass is 10.2. The maximum atomic E-state index is 11.6. The van der Waals surface area contributed by atoms with Gasteiger partial charge in [-0.2, -0.15) is 0 Å². The van der Waals surface area contributed by atoms with Gasteiger partial charge in [-0.3, -0.25) is 4.79 Å². The Hall–Kier alpha value is -0.850. The van der Waals surface area contributed by atoms with Crippen molar-refractivity contribution in [3.8, 4) is 0 Å². The molecule has 0 bridgehead atoms. The molecule has 46 heavy (non-hydrogen) atoms. The van der Waals surface area contributed by atoms with Crippen LogP contribution >= 0.6 is 0 Å². The van der Waals surface area contributed by atoms with Gasteiger partial charge >= 0.3 is 0 Å². The topological polar surface area (TPSA) is 140 Å². The molecule has 14 heteroatoms. The van der Waals surface area contributed by atoms with Gasteiger partial charge in [-0.05, 0) is 26.4 Å². The van der Waals surface area contributed by atoms with Gasteiger partial charge in [0.05, 0.1) is 152 Å². The van der Waals surface area contributed by atoms with Gasteiger partial charge in [-0.25, -0.2) is 0 Å². The summed E-state index contributed by atoms with van der Waals surface area (Å²) in [6, 6.07) is 0. The Morgan fingerprint density at radius 2 is 0.609 bits per heavy atom. The third kappa shape index (κ3) is 41.2. The molecule has 0 rings (SSSR count). The van der Waals surface area contributed by atoms with E-state index in [9.17, 15) is 4.79 Å². The molecule has 0 aliphatic rings. The Balaban J connectivity index is 3.07. The number of ether oxygens (including phenoxy) is 12. The van der Waals surface area contributed by atoms with Gasteiger partial charge in [-0.15, -0.1) is 0 Å². The molecule has 0 aliphatic heterocycles. The Kier molecular flexibility index (Phi) is 41.4. The maximum absolute atomic E-state index is 11.6. The summed E-state index contributed by atoms with van der Waals surface area (Å²) in [5.74, 6) is 0.238. The minimum atomic E-state index is 0.238. The van der Waals surface area contributed by atoms with E-state index in [1.165, 1.54) is 0 Å². The summed E-state index contributed by atoms with van der Waals surface area (Å²) in [7, 11) is 1.88. The highest BCUT2D eigenvalue weighted by Gasteiger charge is 2.01. The highest BCUT2D eigenvalue weighted by Crippen LogP contribution is 1.95. The molecule has 0 aromatic rings. The normalized spacial score (nSPS) is 11.5. The average Bonchev–Trinajstić information content (AvgIpc) is 3.06. The first-order valence-corrected chi connectivity index (χ1v) is 16.9. The molecule has 0 unspecified atom stereocenters. The van der Waals surface area contributed by atoms with Gasteiger partial charge in [0.15, 0.2) is 0 Å². The number of nitrogens with one attached hydrogen (secondary N) is 1. The predicted octanol–water partition coefficient (Wildman–Crippen LogP) is 1.55. The summed E-state index contributed by atoms with van der Waals surface area (Å²) in [5.41, 5.74) is 0. The van der Waals surface area contributed by atoms with Crippen LogP contribution in [0.4, 0.5) is 0 Å². The van der Waals surface area contributed by atoms with Gasteiger partial charge in [0.1, 0.15) is 5.78 Å². The molecule has 0 saturated carbocycles. The van der Waals surface area contributed by atoms with Crippen LogP contribution in [0.1, 0.15) is 32.6 Å². The van der Waals surface area contributed by atoms with Crippen molar-refractivity contribution in [3.05, 3.63) is 0 Å². The van der Waals surface area contributed by atoms with Crippen LogP contribution in [0.25, 0.3) is 0 Å². The third-order valence-electron chi connectivity index (χ3n) is 5.85. The molecule has 0 aromatic heterocycles. The fourth-order valence-corrected chi connectivity index (χ4v) is 3.44. The van der Waals surface area contributed by atoms with Crippen molar-refractivity contribution >= 4 is 5.78 Å². The van der Waals surface area contributed by atoms with E-state index in [0.717, 1.165) is 26.0 Å². The van der Waals surface area contributed by atoms with Crippen LogP contribution < -0.4 is 5.32 Å². The van der Waals surface area contributed by atoms with Crippen molar-refractivity contribution in [1.29, 1.82) is 0 Å². The van der Waals surface area contributed by atoms with E-state index in [0.29, 0.717) is 165 Å². The number of hydrogen-bond acceptors (Lipinski definition) is 14. The van der Waals surface area contributed by atoms with Crippen molar-refractivity contribution in [2.45, 2.75) is 32.6 Å². The molecule has 0 aliphatic carbocycles. The van der Waals surface area contributed by atoms with Crippen LogP contribution in [0.3, 0.4) is 0 Å². The van der Waals surface area contributed by atoms with Crippen molar-refractivity contribution in [2.75, 3.05) is 172 Å². The van der Waals surface area contributed by atoms with Gasteiger partial charge in [0.2, 0.25) is 0 Å². The molecule has 0 atom stereocenters. The zero-order valence-electron chi connectivity index (χ0n) is 28.8. The van der Waals surface area contributed by atoms with Crippen LogP contribution in [-0.4, -0.2) is 178 Å². The SMILES string of the molecule is CCCOCCOCCOCCOCCOCCOCCOCCOCCOCCOCCOCCOCCC(=O)CCCNC. The average molecular weight is 672 g/mol. The second-order valence-corrected chi connectivity index (χ2v) is 9.84. The summed E-state index contributed by atoms with van der Waals surface area (Å²) < 4.78 is 65.3. The molecule has 0 saturated heterocycles. The number of carbonyl (C=O) groups is 1. The monoisotopic (exact) mass is 671 g/mol. The molecule has 0 spiro atoms. The molecule has 0 heterocycles. The highest BCUT2D eigenvalue weighted by molar-refractivity contribution is 5.78. The van der Waals surface area contributed by atoms with E-state index in [1.54, 1.807) is 0 Å². The summed E-state index contributed by atoms with van der Waals surface area (Å²) in [4.78, 5) is 11.6. The predicted molar refractivity (Wildman–Crippen MR) is 173 cm³/mol. The van der Waals surface area contributed by atoms with Crippen molar-refractivity contribution < 1.29 is 61.6 Å². The molecule has 0 aromatic carbocycles. The first kappa shape index (κ1) is 45.2. The van der Waals surface area contributed by atoms with Gasteiger partial charge < -0.3 is 62.2 Å². The van der Waals surface area contributed by atoms with E-state index < -0.39 is 0 Å². The Labute approximate surface area is 277 Å². The number of rotatable bonds is 42. The summed E-state index contributed by atoms with van der Waals surface area (Å²) in [6.07, 6.45) is 2.95. The molecule has 14 nitrogen and oxygen atoms in total. The Bertz CT molecular complexity index is 578. The first-order chi connectivity index (χ1) is 22.8. The second kappa shape index (κ2) is 42.2. The maximum Gasteiger partial charge on any atom is 0.135 e. The third-order valence-corrected chi connectivity index (χ3v) is 5.85. The van der Waals surface area contributed by atoms with Crippen LogP contribution in [0.15, 0.2) is 0 Å². The largest absolute Gasteiger partial charge is 0.379 e. The lowest BCUT2D eigenvalue weighted by Crippen LogP contribution is -2.15. The second-order valence-electron chi connectivity index (χ2n) is 9.84. The fraction of sp³-hybridized carbons (Fsp3) is 0.969. The van der Waals surface area contributed by atoms with Gasteiger partial charge in [0.25, 0.3) is 0 Å². The van der Waals surface area contributed by atoms with E-state index in [1.807, 2.05) is 7.05 Å². The quantitative estimate of drug-likeness (QED) is 0.0939. The molecule has 0 amide bonds. The minimum absolute atomic E-state index is 0.238. The molecule has 1 N–H and O–H groups in total. The van der Waals surface area contributed by atoms with Crippen molar-refractivity contribution in [1.82, 2.24) is 5.32 Å². The molecular weight excluding hydrogens is 606 g/mol. The lowest BCUT2D eigenvalue weighted by Gasteiger charge is -2.09. The Morgan fingerprint density at radius 3 is 0.848 bits per heavy atom. The van der Waals surface area contributed by atoms with Crippen LogP contribution in [0.2, 0.25) is 0 Å². The van der Waals surface area contributed by atoms with Gasteiger partial charge in [0, 0.05) is 19.4 Å². The summed E-state index contributed by atoms with van der Waals surface area (Å²) >= 11 is 0. The van der Waals surface area contributed by atoms with Crippen LogP contribution in [-0.2, 0) is 61.6 Å². The van der Waals surface area contributed by atoms with E-state index in [2.05, 4.69) is 12.2 Å². The Morgan fingerprint density at radius 1 is 0.370 bits per heavy atom. The summed E-state index contributed by atoms with van der Waals surface area (Å²) in [6.45, 7) is 15.6.